The van der Waals surface area contributed by atoms with Crippen LogP contribution in [-0.4, -0.2) is 25.3 Å². The van der Waals surface area contributed by atoms with E-state index < -0.39 is 5.97 Å². The number of carbonyl (C=O) groups is 1. The predicted molar refractivity (Wildman–Crippen MR) is 112 cm³/mol. The summed E-state index contributed by atoms with van der Waals surface area (Å²) in [5.74, 6) is 0.703. The summed E-state index contributed by atoms with van der Waals surface area (Å²) >= 11 is 0. The van der Waals surface area contributed by atoms with Crippen LogP contribution in [0.4, 0.5) is 0 Å². The summed E-state index contributed by atoms with van der Waals surface area (Å²) in [6.45, 7) is 0.447. The number of esters is 1. The molecule has 0 bridgehead atoms. The minimum atomic E-state index is -0.581. The van der Waals surface area contributed by atoms with Crippen molar-refractivity contribution in [3.05, 3.63) is 89.0 Å². The summed E-state index contributed by atoms with van der Waals surface area (Å²) in [5, 5.41) is 10.1. The van der Waals surface area contributed by atoms with Gasteiger partial charge in [-0.15, -0.1) is 0 Å². The van der Waals surface area contributed by atoms with Crippen molar-refractivity contribution in [3.8, 4) is 17.2 Å². The first-order valence-corrected chi connectivity index (χ1v) is 9.05. The summed E-state index contributed by atoms with van der Waals surface area (Å²) in [5.41, 5.74) is 2.75. The molecule has 1 N–H and O–H groups in total. The predicted octanol–water partition coefficient (Wildman–Crippen LogP) is 4.94. The van der Waals surface area contributed by atoms with Gasteiger partial charge in [-0.3, -0.25) is 0 Å². The summed E-state index contributed by atoms with van der Waals surface area (Å²) in [6.07, 6.45) is 3.69. The lowest BCUT2D eigenvalue weighted by Gasteiger charge is -2.11. The quantitative estimate of drug-likeness (QED) is 0.457. The Balaban J connectivity index is 1.83. The monoisotopic (exact) mass is 390 g/mol. The van der Waals surface area contributed by atoms with E-state index in [-0.39, 0.29) is 11.3 Å². The lowest BCUT2D eigenvalue weighted by atomic mass is 10.1. The number of rotatable bonds is 7. The molecule has 0 unspecified atom stereocenters. The Morgan fingerprint density at radius 2 is 1.76 bits per heavy atom. The van der Waals surface area contributed by atoms with Crippen LogP contribution in [0.3, 0.4) is 0 Å². The average Bonchev–Trinajstić information content (AvgIpc) is 2.76. The van der Waals surface area contributed by atoms with Crippen LogP contribution in [0, 0.1) is 0 Å². The van der Waals surface area contributed by atoms with Crippen molar-refractivity contribution in [2.24, 2.45) is 0 Å². The van der Waals surface area contributed by atoms with Crippen molar-refractivity contribution in [3.63, 3.8) is 0 Å². The van der Waals surface area contributed by atoms with Crippen molar-refractivity contribution in [2.75, 3.05) is 14.2 Å². The second-order valence-electron chi connectivity index (χ2n) is 6.28. The van der Waals surface area contributed by atoms with Crippen LogP contribution in [-0.2, 0) is 11.3 Å². The minimum Gasteiger partial charge on any atom is -0.507 e. The molecule has 0 saturated carbocycles. The first kappa shape index (κ1) is 20.0. The molecular weight excluding hydrogens is 368 g/mol. The summed E-state index contributed by atoms with van der Waals surface area (Å²) in [4.78, 5) is 11.6. The van der Waals surface area contributed by atoms with Gasteiger partial charge in [-0.25, -0.2) is 4.79 Å². The smallest absolute Gasteiger partial charge is 0.341 e. The van der Waals surface area contributed by atoms with Crippen molar-refractivity contribution >= 4 is 18.1 Å². The molecule has 148 valence electrons. The van der Waals surface area contributed by atoms with E-state index in [4.69, 9.17) is 9.47 Å². The van der Waals surface area contributed by atoms with Gasteiger partial charge in [0.2, 0.25) is 0 Å². The summed E-state index contributed by atoms with van der Waals surface area (Å²) in [6, 6.07) is 20.3. The van der Waals surface area contributed by atoms with Crippen LogP contribution >= 0.6 is 0 Å². The van der Waals surface area contributed by atoms with Gasteiger partial charge < -0.3 is 19.3 Å². The summed E-state index contributed by atoms with van der Waals surface area (Å²) in [7, 11) is 2.88. The molecule has 0 atom stereocenters. The van der Waals surface area contributed by atoms with Gasteiger partial charge in [0, 0.05) is 5.56 Å². The van der Waals surface area contributed by atoms with Gasteiger partial charge in [0.05, 0.1) is 14.2 Å². The van der Waals surface area contributed by atoms with E-state index in [9.17, 15) is 9.90 Å². The average molecular weight is 390 g/mol. The third-order valence-electron chi connectivity index (χ3n) is 4.34. The van der Waals surface area contributed by atoms with Crippen molar-refractivity contribution in [1.29, 1.82) is 0 Å². The number of benzene rings is 3. The second-order valence-corrected chi connectivity index (χ2v) is 6.28. The van der Waals surface area contributed by atoms with Gasteiger partial charge in [-0.05, 0) is 41.5 Å². The standard InChI is InChI=1S/C24H22O5/c1-27-20-11-13-23(29-16-18-6-4-3-5-7-18)19(15-20)10-8-17-9-12-21(22(25)14-17)24(26)28-2/h3-15,25H,16H2,1-2H3/b10-8+. The number of aromatic hydroxyl groups is 1. The summed E-state index contributed by atoms with van der Waals surface area (Å²) < 4.78 is 15.9. The van der Waals surface area contributed by atoms with Crippen LogP contribution in [0.15, 0.2) is 66.7 Å². The van der Waals surface area contributed by atoms with Gasteiger partial charge in [0.1, 0.15) is 29.4 Å². The van der Waals surface area contributed by atoms with E-state index in [2.05, 4.69) is 4.74 Å². The number of hydrogen-bond acceptors (Lipinski definition) is 5. The fourth-order valence-electron chi connectivity index (χ4n) is 2.77. The molecule has 0 heterocycles. The Kier molecular flexibility index (Phi) is 6.53. The Morgan fingerprint density at radius 1 is 0.966 bits per heavy atom. The maximum absolute atomic E-state index is 11.6. The lowest BCUT2D eigenvalue weighted by Crippen LogP contribution is -2.01. The highest BCUT2D eigenvalue weighted by Crippen LogP contribution is 2.28. The molecule has 0 fully saturated rings. The highest BCUT2D eigenvalue weighted by Gasteiger charge is 2.11. The zero-order chi connectivity index (χ0) is 20.6. The molecule has 0 radical (unpaired) electrons. The molecule has 0 aliphatic carbocycles. The molecule has 0 spiro atoms. The fourth-order valence-corrected chi connectivity index (χ4v) is 2.77. The van der Waals surface area contributed by atoms with E-state index in [1.165, 1.54) is 19.2 Å². The Labute approximate surface area is 169 Å². The van der Waals surface area contributed by atoms with Gasteiger partial charge in [-0.1, -0.05) is 48.6 Å². The van der Waals surface area contributed by atoms with Gasteiger partial charge >= 0.3 is 5.97 Å². The normalized spacial score (nSPS) is 10.7. The molecule has 5 nitrogen and oxygen atoms in total. The minimum absolute atomic E-state index is 0.123. The third kappa shape index (κ3) is 5.17. The maximum atomic E-state index is 11.6. The van der Waals surface area contributed by atoms with Crippen molar-refractivity contribution in [1.82, 2.24) is 0 Å². The molecule has 29 heavy (non-hydrogen) atoms. The molecule has 0 aliphatic rings. The molecule has 3 aromatic rings. The molecule has 0 aromatic heterocycles. The zero-order valence-electron chi connectivity index (χ0n) is 16.3. The molecule has 0 amide bonds. The van der Waals surface area contributed by atoms with Gasteiger partial charge in [-0.2, -0.15) is 0 Å². The van der Waals surface area contributed by atoms with Gasteiger partial charge in [0.25, 0.3) is 0 Å². The highest BCUT2D eigenvalue weighted by atomic mass is 16.5. The molecule has 3 rings (SSSR count). The molecule has 0 saturated heterocycles. The Hall–Kier alpha value is -3.73. The van der Waals surface area contributed by atoms with E-state index in [0.29, 0.717) is 18.1 Å². The van der Waals surface area contributed by atoms with Crippen molar-refractivity contribution < 1.29 is 24.1 Å². The number of phenolic OH excluding ortho intramolecular Hbond substituents is 1. The van der Waals surface area contributed by atoms with Crippen LogP contribution in [0.1, 0.15) is 27.0 Å². The van der Waals surface area contributed by atoms with Crippen LogP contribution in [0.2, 0.25) is 0 Å². The zero-order valence-corrected chi connectivity index (χ0v) is 16.3. The SMILES string of the molecule is COC(=O)c1ccc(/C=C/c2cc(OC)ccc2OCc2ccccc2)cc1O. The van der Waals surface area contributed by atoms with E-state index in [1.54, 1.807) is 13.2 Å². The first-order valence-electron chi connectivity index (χ1n) is 9.05. The molecule has 5 heteroatoms. The topological polar surface area (TPSA) is 65.0 Å². The Bertz CT molecular complexity index is 1010. The van der Waals surface area contributed by atoms with Gasteiger partial charge in [0.15, 0.2) is 0 Å². The number of hydrogen-bond donors (Lipinski definition) is 1. The first-order chi connectivity index (χ1) is 14.1. The Morgan fingerprint density at radius 3 is 2.45 bits per heavy atom. The fraction of sp³-hybridized carbons (Fsp3) is 0.125. The van der Waals surface area contributed by atoms with Crippen molar-refractivity contribution in [2.45, 2.75) is 6.61 Å². The molecule has 0 aliphatic heterocycles. The molecular formula is C24H22O5. The number of carbonyl (C=O) groups excluding carboxylic acids is 1. The van der Waals surface area contributed by atoms with Crippen LogP contribution in [0.5, 0.6) is 17.2 Å². The van der Waals surface area contributed by atoms with Crippen LogP contribution in [0.25, 0.3) is 12.2 Å². The van der Waals surface area contributed by atoms with Crippen LogP contribution < -0.4 is 9.47 Å². The second kappa shape index (κ2) is 9.46. The number of methoxy groups -OCH3 is 2. The lowest BCUT2D eigenvalue weighted by molar-refractivity contribution is 0.0597. The largest absolute Gasteiger partial charge is 0.507 e. The van der Waals surface area contributed by atoms with E-state index in [0.717, 1.165) is 16.7 Å². The number of ether oxygens (including phenoxy) is 3. The third-order valence-corrected chi connectivity index (χ3v) is 4.34. The van der Waals surface area contributed by atoms with E-state index in [1.807, 2.05) is 60.7 Å². The highest BCUT2D eigenvalue weighted by molar-refractivity contribution is 5.92. The number of phenols is 1. The maximum Gasteiger partial charge on any atom is 0.341 e. The van der Waals surface area contributed by atoms with E-state index >= 15 is 0 Å². The molecule has 3 aromatic carbocycles.